The summed E-state index contributed by atoms with van der Waals surface area (Å²) in [5.41, 5.74) is 0. The van der Waals surface area contributed by atoms with Crippen molar-refractivity contribution in [3.8, 4) is 0 Å². The maximum Gasteiger partial charge on any atom is 0.234 e. The first-order valence-electron chi connectivity index (χ1n) is 9.01. The van der Waals surface area contributed by atoms with Crippen LogP contribution in [0.1, 0.15) is 26.7 Å². The Kier molecular flexibility index (Phi) is 5.21. The van der Waals surface area contributed by atoms with E-state index in [4.69, 9.17) is 0 Å². The van der Waals surface area contributed by atoms with E-state index in [0.29, 0.717) is 18.5 Å². The monoisotopic (exact) mass is 322 g/mol. The molecule has 6 nitrogen and oxygen atoms in total. The minimum Gasteiger partial charge on any atom is -0.355 e. The zero-order valence-electron chi connectivity index (χ0n) is 14.5. The van der Waals surface area contributed by atoms with Gasteiger partial charge >= 0.3 is 0 Å². The van der Waals surface area contributed by atoms with Gasteiger partial charge in [-0.2, -0.15) is 0 Å². The second-order valence-corrected chi connectivity index (χ2v) is 7.53. The van der Waals surface area contributed by atoms with Crippen molar-refractivity contribution < 1.29 is 9.59 Å². The topological polar surface area (TPSA) is 55.9 Å². The predicted molar refractivity (Wildman–Crippen MR) is 89.0 cm³/mol. The summed E-state index contributed by atoms with van der Waals surface area (Å²) in [5.74, 6) is 1.67. The Hall–Kier alpha value is -1.14. The number of nitrogens with zero attached hydrogens (tertiary/aromatic N) is 3. The molecule has 3 aliphatic rings. The van der Waals surface area contributed by atoms with E-state index < -0.39 is 0 Å². The fourth-order valence-electron chi connectivity index (χ4n) is 3.86. The lowest BCUT2D eigenvalue weighted by molar-refractivity contribution is -0.131. The van der Waals surface area contributed by atoms with Crippen LogP contribution in [-0.4, -0.2) is 84.9 Å². The molecule has 23 heavy (non-hydrogen) atoms. The van der Waals surface area contributed by atoms with Crippen molar-refractivity contribution in [3.63, 3.8) is 0 Å². The molecule has 1 N–H and O–H groups in total. The molecule has 3 rings (SSSR count). The lowest BCUT2D eigenvalue weighted by atomic mass is 10.0. The van der Waals surface area contributed by atoms with Crippen LogP contribution < -0.4 is 5.32 Å². The van der Waals surface area contributed by atoms with Crippen LogP contribution >= 0.6 is 0 Å². The van der Waals surface area contributed by atoms with Crippen molar-refractivity contribution in [2.24, 2.45) is 11.8 Å². The summed E-state index contributed by atoms with van der Waals surface area (Å²) in [5, 5.41) is 3.06. The molecule has 2 aliphatic heterocycles. The minimum atomic E-state index is 0.172. The van der Waals surface area contributed by atoms with Gasteiger partial charge in [0.15, 0.2) is 0 Å². The maximum absolute atomic E-state index is 12.0. The highest BCUT2D eigenvalue weighted by atomic mass is 16.2. The molecule has 0 aromatic heterocycles. The highest BCUT2D eigenvalue weighted by Crippen LogP contribution is 2.27. The van der Waals surface area contributed by atoms with E-state index >= 15 is 0 Å². The van der Waals surface area contributed by atoms with Crippen molar-refractivity contribution in [1.29, 1.82) is 0 Å². The number of hydrogen-bond donors (Lipinski definition) is 1. The van der Waals surface area contributed by atoms with Gasteiger partial charge in [0, 0.05) is 58.8 Å². The molecule has 1 aliphatic carbocycles. The molecular weight excluding hydrogens is 292 g/mol. The van der Waals surface area contributed by atoms with E-state index in [9.17, 15) is 9.59 Å². The van der Waals surface area contributed by atoms with Crippen molar-refractivity contribution >= 4 is 11.8 Å². The van der Waals surface area contributed by atoms with Crippen LogP contribution in [0, 0.1) is 11.8 Å². The number of piperazine rings is 1. The number of amides is 2. The summed E-state index contributed by atoms with van der Waals surface area (Å²) in [4.78, 5) is 30.2. The van der Waals surface area contributed by atoms with Crippen molar-refractivity contribution in [2.75, 3.05) is 52.4 Å². The third-order valence-electron chi connectivity index (χ3n) is 5.53. The summed E-state index contributed by atoms with van der Waals surface area (Å²) >= 11 is 0. The lowest BCUT2D eigenvalue weighted by Crippen LogP contribution is -2.53. The number of rotatable bonds is 5. The van der Waals surface area contributed by atoms with E-state index in [2.05, 4.69) is 22.0 Å². The van der Waals surface area contributed by atoms with Crippen LogP contribution in [0.3, 0.4) is 0 Å². The average Bonchev–Trinajstić information content (AvgIpc) is 3.28. The molecule has 0 spiro atoms. The van der Waals surface area contributed by atoms with Gasteiger partial charge in [0.25, 0.3) is 0 Å². The summed E-state index contributed by atoms with van der Waals surface area (Å²) in [6.07, 6.45) is 2.55. The lowest BCUT2D eigenvalue weighted by Gasteiger charge is -2.39. The van der Waals surface area contributed by atoms with E-state index in [1.807, 2.05) is 4.90 Å². The third-order valence-corrected chi connectivity index (χ3v) is 5.53. The van der Waals surface area contributed by atoms with Gasteiger partial charge in [0.05, 0.1) is 6.54 Å². The first kappa shape index (κ1) is 16.7. The fourth-order valence-corrected chi connectivity index (χ4v) is 3.86. The number of carbonyl (C=O) groups is 2. The normalized spacial score (nSPS) is 29.7. The first-order valence-corrected chi connectivity index (χ1v) is 9.01. The van der Waals surface area contributed by atoms with Gasteiger partial charge in [0.1, 0.15) is 0 Å². The zero-order valence-corrected chi connectivity index (χ0v) is 14.5. The van der Waals surface area contributed by atoms with Gasteiger partial charge in [-0.1, -0.05) is 6.92 Å². The highest BCUT2D eigenvalue weighted by molar-refractivity contribution is 5.78. The Bertz CT molecular complexity index is 444. The Labute approximate surface area is 139 Å². The molecule has 0 bridgehead atoms. The SMILES string of the molecule is CC(=O)N1CCN([C@@H]2CN(CC(=O)NCC3CC3)C[C@H]2C)CC1. The summed E-state index contributed by atoms with van der Waals surface area (Å²) in [6.45, 7) is 10.9. The van der Waals surface area contributed by atoms with Crippen molar-refractivity contribution in [2.45, 2.75) is 32.7 Å². The first-order chi connectivity index (χ1) is 11.0. The fraction of sp³-hybridized carbons (Fsp3) is 0.882. The standard InChI is InChI=1S/C17H30N4O2/c1-13-10-19(12-17(23)18-9-15-3-4-15)11-16(13)21-7-5-20(6-8-21)14(2)22/h13,15-16H,3-12H2,1-2H3,(H,18,23)/t13-,16-/m1/s1. The van der Waals surface area contributed by atoms with Crippen LogP contribution in [0.25, 0.3) is 0 Å². The quantitative estimate of drug-likeness (QED) is 0.774. The van der Waals surface area contributed by atoms with Crippen LogP contribution in [0.2, 0.25) is 0 Å². The van der Waals surface area contributed by atoms with Crippen molar-refractivity contribution in [1.82, 2.24) is 20.0 Å². The predicted octanol–water partition coefficient (Wildman–Crippen LogP) is -0.00300. The molecule has 0 unspecified atom stereocenters. The van der Waals surface area contributed by atoms with Gasteiger partial charge in [-0.15, -0.1) is 0 Å². The molecule has 0 aromatic rings. The number of hydrogen-bond acceptors (Lipinski definition) is 4. The maximum atomic E-state index is 12.0. The molecule has 3 fully saturated rings. The van der Waals surface area contributed by atoms with Crippen LogP contribution in [0.15, 0.2) is 0 Å². The second kappa shape index (κ2) is 7.18. The molecule has 0 radical (unpaired) electrons. The van der Waals surface area contributed by atoms with Crippen LogP contribution in [0.5, 0.6) is 0 Å². The molecule has 1 saturated carbocycles. The third kappa shape index (κ3) is 4.44. The van der Waals surface area contributed by atoms with Gasteiger partial charge in [-0.25, -0.2) is 0 Å². The van der Waals surface area contributed by atoms with Crippen LogP contribution in [-0.2, 0) is 9.59 Å². The largest absolute Gasteiger partial charge is 0.355 e. The summed E-state index contributed by atoms with van der Waals surface area (Å²) < 4.78 is 0. The van der Waals surface area contributed by atoms with Gasteiger partial charge in [-0.05, 0) is 24.7 Å². The zero-order chi connectivity index (χ0) is 16.4. The average molecular weight is 322 g/mol. The van der Waals surface area contributed by atoms with Gasteiger partial charge in [0.2, 0.25) is 11.8 Å². The Morgan fingerprint density at radius 3 is 2.39 bits per heavy atom. The Morgan fingerprint density at radius 2 is 1.78 bits per heavy atom. The van der Waals surface area contributed by atoms with E-state index in [-0.39, 0.29) is 11.8 Å². The molecule has 2 amide bonds. The number of likely N-dealkylation sites (tertiary alicyclic amines) is 1. The number of nitrogens with one attached hydrogen (secondary N) is 1. The van der Waals surface area contributed by atoms with Crippen molar-refractivity contribution in [3.05, 3.63) is 0 Å². The van der Waals surface area contributed by atoms with Gasteiger partial charge in [-0.3, -0.25) is 19.4 Å². The van der Waals surface area contributed by atoms with E-state index in [1.165, 1.54) is 12.8 Å². The second-order valence-electron chi connectivity index (χ2n) is 7.53. The summed E-state index contributed by atoms with van der Waals surface area (Å²) in [7, 11) is 0. The Morgan fingerprint density at radius 1 is 1.09 bits per heavy atom. The summed E-state index contributed by atoms with van der Waals surface area (Å²) in [6, 6.07) is 0.514. The molecule has 0 aromatic carbocycles. The molecule has 2 atom stereocenters. The molecule has 130 valence electrons. The Balaban J connectivity index is 1.42. The molecular formula is C17H30N4O2. The molecule has 2 heterocycles. The van der Waals surface area contributed by atoms with Crippen LogP contribution in [0.4, 0.5) is 0 Å². The highest BCUT2D eigenvalue weighted by Gasteiger charge is 2.36. The molecule has 6 heteroatoms. The van der Waals surface area contributed by atoms with E-state index in [1.54, 1.807) is 6.92 Å². The number of carbonyl (C=O) groups excluding carboxylic acids is 2. The smallest absolute Gasteiger partial charge is 0.234 e. The minimum absolute atomic E-state index is 0.172. The molecule has 2 saturated heterocycles. The van der Waals surface area contributed by atoms with E-state index in [0.717, 1.165) is 51.7 Å². The van der Waals surface area contributed by atoms with Gasteiger partial charge < -0.3 is 10.2 Å².